The number of hydrogen-bond acceptors (Lipinski definition) is 4. The molecule has 1 aromatic heterocycles. The van der Waals surface area contributed by atoms with Gasteiger partial charge < -0.3 is 15.1 Å². The van der Waals surface area contributed by atoms with Gasteiger partial charge in [-0.05, 0) is 38.4 Å². The van der Waals surface area contributed by atoms with Crippen molar-refractivity contribution in [2.24, 2.45) is 0 Å². The van der Waals surface area contributed by atoms with Crippen molar-refractivity contribution >= 4 is 22.5 Å². The number of hydrogen-bond donors (Lipinski definition) is 2. The van der Waals surface area contributed by atoms with Gasteiger partial charge in [-0.1, -0.05) is 12.1 Å². The van der Waals surface area contributed by atoms with Crippen molar-refractivity contribution < 1.29 is 13.4 Å². The van der Waals surface area contributed by atoms with Gasteiger partial charge in [0.25, 0.3) is 0 Å². The molecule has 0 saturated heterocycles. The Morgan fingerprint density at radius 3 is 2.61 bits per heavy atom. The third kappa shape index (κ3) is 4.67. The smallest absolute Gasteiger partial charge is 0.319 e. The van der Waals surface area contributed by atoms with Crippen molar-refractivity contribution in [3.8, 4) is 0 Å². The maximum absolute atomic E-state index is 12.1. The van der Waals surface area contributed by atoms with Crippen molar-refractivity contribution in [1.82, 2.24) is 10.2 Å². The maximum Gasteiger partial charge on any atom is 0.319 e. The van der Waals surface area contributed by atoms with Gasteiger partial charge in [0.2, 0.25) is 0 Å². The molecule has 1 heterocycles. The number of carbonyl (C=O) groups is 1. The summed E-state index contributed by atoms with van der Waals surface area (Å²) >= 11 is 0. The van der Waals surface area contributed by atoms with Crippen LogP contribution in [0.2, 0.25) is 0 Å². The molecule has 0 aliphatic rings. The van der Waals surface area contributed by atoms with E-state index in [0.717, 1.165) is 5.76 Å². The summed E-state index contributed by atoms with van der Waals surface area (Å²) in [7, 11) is 2.67. The molecule has 2 N–H and O–H groups in total. The zero-order valence-corrected chi connectivity index (χ0v) is 14.2. The molecule has 6 nitrogen and oxygen atoms in total. The number of likely N-dealkylation sites (N-methyl/N-ethyl adjacent to an activating group) is 1. The fraction of sp³-hybridized carbons (Fsp3) is 0.312. The SMILES string of the molecule is CN(C)[C@@H](CNC(=O)Nc1ccccc1[S@@](C)=O)c1ccco1. The maximum atomic E-state index is 12.1. The Morgan fingerprint density at radius 1 is 1.26 bits per heavy atom. The highest BCUT2D eigenvalue weighted by molar-refractivity contribution is 7.84. The summed E-state index contributed by atoms with van der Waals surface area (Å²) in [4.78, 5) is 14.7. The molecule has 124 valence electrons. The molecule has 1 aromatic carbocycles. The van der Waals surface area contributed by atoms with E-state index in [1.54, 1.807) is 36.8 Å². The van der Waals surface area contributed by atoms with Gasteiger partial charge in [0.15, 0.2) is 0 Å². The van der Waals surface area contributed by atoms with E-state index >= 15 is 0 Å². The molecule has 2 aromatic rings. The number of para-hydroxylation sites is 1. The molecule has 0 fully saturated rings. The summed E-state index contributed by atoms with van der Waals surface area (Å²) < 4.78 is 17.1. The number of amides is 2. The van der Waals surface area contributed by atoms with Crippen LogP contribution in [0.15, 0.2) is 52.0 Å². The Bertz CT molecular complexity index is 671. The fourth-order valence-electron chi connectivity index (χ4n) is 2.19. The first kappa shape index (κ1) is 17.2. The number of anilines is 1. The molecule has 0 radical (unpaired) electrons. The van der Waals surface area contributed by atoms with Crippen molar-refractivity contribution in [1.29, 1.82) is 0 Å². The lowest BCUT2D eigenvalue weighted by atomic mass is 10.2. The normalized spacial score (nSPS) is 13.6. The molecule has 2 amide bonds. The Labute approximate surface area is 138 Å². The minimum atomic E-state index is -1.17. The zero-order valence-electron chi connectivity index (χ0n) is 13.4. The van der Waals surface area contributed by atoms with E-state index in [2.05, 4.69) is 10.6 Å². The van der Waals surface area contributed by atoms with Crippen LogP contribution in [0, 0.1) is 0 Å². The molecule has 23 heavy (non-hydrogen) atoms. The van der Waals surface area contributed by atoms with Crippen molar-refractivity contribution in [2.75, 3.05) is 32.2 Å². The average molecular weight is 335 g/mol. The van der Waals surface area contributed by atoms with E-state index in [0.29, 0.717) is 17.1 Å². The van der Waals surface area contributed by atoms with Crippen molar-refractivity contribution in [2.45, 2.75) is 10.9 Å². The summed E-state index contributed by atoms with van der Waals surface area (Å²) in [6.07, 6.45) is 3.19. The van der Waals surface area contributed by atoms with Gasteiger partial charge in [0.05, 0.1) is 33.7 Å². The Hall–Kier alpha value is -2.12. The van der Waals surface area contributed by atoms with Crippen LogP contribution in [0.5, 0.6) is 0 Å². The minimum Gasteiger partial charge on any atom is -0.468 e. The van der Waals surface area contributed by atoms with Crippen LogP contribution in [0.4, 0.5) is 10.5 Å². The molecule has 0 aliphatic heterocycles. The molecule has 0 spiro atoms. The number of furan rings is 1. The van der Waals surface area contributed by atoms with Crippen LogP contribution >= 0.6 is 0 Å². The number of nitrogens with zero attached hydrogens (tertiary/aromatic N) is 1. The Kier molecular flexibility index (Phi) is 5.95. The van der Waals surface area contributed by atoms with E-state index in [4.69, 9.17) is 4.42 Å². The van der Waals surface area contributed by atoms with Crippen LogP contribution in [-0.2, 0) is 10.8 Å². The lowest BCUT2D eigenvalue weighted by Crippen LogP contribution is -2.36. The van der Waals surface area contributed by atoms with Gasteiger partial charge in [0.1, 0.15) is 5.76 Å². The average Bonchev–Trinajstić information content (AvgIpc) is 3.01. The second-order valence-corrected chi connectivity index (χ2v) is 6.63. The molecular weight excluding hydrogens is 314 g/mol. The van der Waals surface area contributed by atoms with Crippen LogP contribution in [0.3, 0.4) is 0 Å². The summed E-state index contributed by atoms with van der Waals surface area (Å²) in [5.74, 6) is 0.783. The molecule has 2 rings (SSSR count). The van der Waals surface area contributed by atoms with Gasteiger partial charge in [0, 0.05) is 12.8 Å². The van der Waals surface area contributed by atoms with Crippen LogP contribution in [0.1, 0.15) is 11.8 Å². The third-order valence-electron chi connectivity index (χ3n) is 3.40. The molecule has 7 heteroatoms. The summed E-state index contributed by atoms with van der Waals surface area (Å²) in [5.41, 5.74) is 0.547. The molecule has 0 saturated carbocycles. The quantitative estimate of drug-likeness (QED) is 0.850. The largest absolute Gasteiger partial charge is 0.468 e. The fourth-order valence-corrected chi connectivity index (χ4v) is 2.89. The van der Waals surface area contributed by atoms with Crippen LogP contribution < -0.4 is 10.6 Å². The second kappa shape index (κ2) is 7.94. The first-order valence-corrected chi connectivity index (χ1v) is 8.72. The molecule has 0 aliphatic carbocycles. The lowest BCUT2D eigenvalue weighted by Gasteiger charge is -2.22. The van der Waals surface area contributed by atoms with E-state index in [-0.39, 0.29) is 12.1 Å². The Balaban J connectivity index is 1.99. The number of nitrogens with one attached hydrogen (secondary N) is 2. The van der Waals surface area contributed by atoms with Gasteiger partial charge in [-0.3, -0.25) is 9.11 Å². The van der Waals surface area contributed by atoms with Gasteiger partial charge in [-0.15, -0.1) is 0 Å². The standard InChI is InChI=1S/C16H21N3O3S/c1-19(2)13(14-8-6-10-22-14)11-17-16(20)18-12-7-4-5-9-15(12)23(3)21/h4-10,13H,11H2,1-3H3,(H2,17,18,20)/t13-,23+/m0/s1. The zero-order chi connectivity index (χ0) is 16.8. The highest BCUT2D eigenvalue weighted by Crippen LogP contribution is 2.19. The topological polar surface area (TPSA) is 74.6 Å². The minimum absolute atomic E-state index is 0.0636. The van der Waals surface area contributed by atoms with E-state index in [1.165, 1.54) is 0 Å². The van der Waals surface area contributed by atoms with Crippen LogP contribution in [0.25, 0.3) is 0 Å². The highest BCUT2D eigenvalue weighted by Gasteiger charge is 2.18. The van der Waals surface area contributed by atoms with Gasteiger partial charge in [-0.2, -0.15) is 0 Å². The van der Waals surface area contributed by atoms with Crippen molar-refractivity contribution in [3.63, 3.8) is 0 Å². The number of rotatable bonds is 6. The Morgan fingerprint density at radius 2 is 2.00 bits per heavy atom. The summed E-state index contributed by atoms with van der Waals surface area (Å²) in [5, 5.41) is 5.56. The third-order valence-corrected chi connectivity index (χ3v) is 4.37. The van der Waals surface area contributed by atoms with Crippen LogP contribution in [-0.4, -0.2) is 42.0 Å². The van der Waals surface area contributed by atoms with Gasteiger partial charge in [-0.25, -0.2) is 4.79 Å². The van der Waals surface area contributed by atoms with E-state index < -0.39 is 10.8 Å². The first-order chi connectivity index (χ1) is 11.0. The number of urea groups is 1. The molecule has 2 atom stereocenters. The van der Waals surface area contributed by atoms with Gasteiger partial charge >= 0.3 is 6.03 Å². The second-order valence-electron chi connectivity index (χ2n) is 5.28. The first-order valence-electron chi connectivity index (χ1n) is 7.16. The molecule has 0 unspecified atom stereocenters. The lowest BCUT2D eigenvalue weighted by molar-refractivity contribution is 0.233. The summed E-state index contributed by atoms with van der Waals surface area (Å²) in [6.45, 7) is 0.393. The van der Waals surface area contributed by atoms with E-state index in [1.807, 2.05) is 31.1 Å². The number of carbonyl (C=O) groups excluding carboxylic acids is 1. The van der Waals surface area contributed by atoms with Crippen molar-refractivity contribution in [3.05, 3.63) is 48.4 Å². The molecule has 0 bridgehead atoms. The number of benzene rings is 1. The molecular formula is C16H21N3O3S. The predicted octanol–water partition coefficient (Wildman–Crippen LogP) is 2.44. The predicted molar refractivity (Wildman–Crippen MR) is 90.9 cm³/mol. The van der Waals surface area contributed by atoms with E-state index in [9.17, 15) is 9.00 Å². The summed E-state index contributed by atoms with van der Waals surface area (Å²) in [6, 6.07) is 10.3. The highest BCUT2D eigenvalue weighted by atomic mass is 32.2. The monoisotopic (exact) mass is 335 g/mol.